The maximum atomic E-state index is 9.20. The monoisotopic (exact) mass is 235 g/mol. The summed E-state index contributed by atoms with van der Waals surface area (Å²) in [7, 11) is 0. The summed E-state index contributed by atoms with van der Waals surface area (Å²) in [5.41, 5.74) is 0. The fourth-order valence-electron chi connectivity index (χ4n) is 3.12. The van der Waals surface area contributed by atoms with E-state index in [4.69, 9.17) is 0 Å². The molecule has 0 amide bonds. The third kappa shape index (κ3) is 3.97. The Labute approximate surface area is 105 Å². The molecule has 0 bridgehead atoms. The predicted octanol–water partition coefficient (Wildman–Crippen LogP) is 2.14. The Hall–Kier alpha value is -0.590. The summed E-state index contributed by atoms with van der Waals surface area (Å²) in [5, 5.41) is 12.8. The van der Waals surface area contributed by atoms with Crippen LogP contribution in [0.5, 0.6) is 0 Å². The molecule has 2 aliphatic rings. The number of rotatable bonds is 4. The first-order chi connectivity index (χ1) is 8.40. The highest BCUT2D eigenvalue weighted by Crippen LogP contribution is 2.22. The van der Waals surface area contributed by atoms with Crippen LogP contribution in [-0.4, -0.2) is 37.1 Å². The molecule has 3 heteroatoms. The molecule has 0 spiro atoms. The maximum absolute atomic E-state index is 9.20. The van der Waals surface area contributed by atoms with E-state index in [1.807, 2.05) is 0 Å². The minimum atomic E-state index is 0.246. The molecule has 2 unspecified atom stereocenters. The Morgan fingerprint density at radius 1 is 1.06 bits per heavy atom. The van der Waals surface area contributed by atoms with E-state index in [1.165, 1.54) is 51.6 Å². The van der Waals surface area contributed by atoms with Crippen LogP contribution < -0.4 is 5.32 Å². The van der Waals surface area contributed by atoms with Crippen molar-refractivity contribution in [2.45, 2.75) is 51.0 Å². The Kier molecular flexibility index (Phi) is 5.28. The molecule has 1 heterocycles. The molecule has 0 aromatic rings. The quantitative estimate of drug-likeness (QED) is 0.759. The number of nitrogens with zero attached hydrogens (tertiary/aromatic N) is 2. The van der Waals surface area contributed by atoms with E-state index in [2.05, 4.69) is 16.3 Å². The van der Waals surface area contributed by atoms with Crippen molar-refractivity contribution in [3.63, 3.8) is 0 Å². The van der Waals surface area contributed by atoms with Gasteiger partial charge >= 0.3 is 0 Å². The van der Waals surface area contributed by atoms with Crippen LogP contribution >= 0.6 is 0 Å². The van der Waals surface area contributed by atoms with Gasteiger partial charge in [0.2, 0.25) is 0 Å². The summed E-state index contributed by atoms with van der Waals surface area (Å²) in [4.78, 5) is 2.53. The van der Waals surface area contributed by atoms with Gasteiger partial charge in [0.15, 0.2) is 0 Å². The Morgan fingerprint density at radius 2 is 1.82 bits per heavy atom. The smallest absolute Gasteiger partial charge is 0.0672 e. The number of nitriles is 1. The van der Waals surface area contributed by atoms with Crippen molar-refractivity contribution in [1.82, 2.24) is 10.2 Å². The molecule has 17 heavy (non-hydrogen) atoms. The summed E-state index contributed by atoms with van der Waals surface area (Å²) in [6, 6.07) is 2.95. The van der Waals surface area contributed by atoms with Gasteiger partial charge in [0.05, 0.1) is 12.0 Å². The molecule has 0 aromatic carbocycles. The van der Waals surface area contributed by atoms with Crippen LogP contribution in [0.15, 0.2) is 0 Å². The average molecular weight is 235 g/mol. The lowest BCUT2D eigenvalue weighted by Gasteiger charge is -2.23. The lowest BCUT2D eigenvalue weighted by molar-refractivity contribution is 0.311. The van der Waals surface area contributed by atoms with Crippen LogP contribution in [0.4, 0.5) is 0 Å². The van der Waals surface area contributed by atoms with Gasteiger partial charge in [-0.15, -0.1) is 0 Å². The number of nitrogens with one attached hydrogen (secondary N) is 1. The van der Waals surface area contributed by atoms with Gasteiger partial charge in [-0.1, -0.05) is 19.3 Å². The van der Waals surface area contributed by atoms with Crippen molar-refractivity contribution in [3.8, 4) is 6.07 Å². The average Bonchev–Trinajstić information content (AvgIpc) is 2.75. The molecule has 2 atom stereocenters. The molecular formula is C14H25N3. The minimum Gasteiger partial charge on any atom is -0.311 e. The molecule has 1 aliphatic carbocycles. The lowest BCUT2D eigenvalue weighted by atomic mass is 9.96. The normalized spacial score (nSPS) is 31.0. The molecule has 1 saturated carbocycles. The summed E-state index contributed by atoms with van der Waals surface area (Å²) in [6.07, 6.45) is 8.86. The minimum absolute atomic E-state index is 0.246. The standard InChI is InChI=1S/C14H25N3/c15-12-13-6-2-1-3-7-14(13)16-8-11-17-9-4-5-10-17/h13-14,16H,1-11H2. The highest BCUT2D eigenvalue weighted by atomic mass is 15.2. The first kappa shape index (κ1) is 12.9. The van der Waals surface area contributed by atoms with Crippen molar-refractivity contribution >= 4 is 0 Å². The second kappa shape index (κ2) is 6.98. The van der Waals surface area contributed by atoms with Gasteiger partial charge in [0.25, 0.3) is 0 Å². The Balaban J connectivity index is 1.70. The van der Waals surface area contributed by atoms with Crippen molar-refractivity contribution < 1.29 is 0 Å². The molecule has 0 aromatic heterocycles. The van der Waals surface area contributed by atoms with Crippen molar-refractivity contribution in [1.29, 1.82) is 5.26 Å². The molecule has 3 nitrogen and oxygen atoms in total. The molecule has 0 radical (unpaired) electrons. The number of hydrogen-bond donors (Lipinski definition) is 1. The number of hydrogen-bond acceptors (Lipinski definition) is 3. The van der Waals surface area contributed by atoms with Gasteiger partial charge in [-0.2, -0.15) is 5.26 Å². The van der Waals surface area contributed by atoms with Crippen LogP contribution in [0.2, 0.25) is 0 Å². The highest BCUT2D eigenvalue weighted by Gasteiger charge is 2.23. The molecule has 2 fully saturated rings. The Morgan fingerprint density at radius 3 is 2.59 bits per heavy atom. The number of likely N-dealkylation sites (tertiary alicyclic amines) is 1. The SMILES string of the molecule is N#CC1CCCCCC1NCCN1CCCC1. The zero-order valence-electron chi connectivity index (χ0n) is 10.8. The van der Waals surface area contributed by atoms with Crippen LogP contribution in [0.3, 0.4) is 0 Å². The second-order valence-electron chi connectivity index (χ2n) is 5.48. The van der Waals surface area contributed by atoms with Crippen LogP contribution in [-0.2, 0) is 0 Å². The Bertz CT molecular complexity index is 253. The van der Waals surface area contributed by atoms with E-state index in [9.17, 15) is 5.26 Å². The second-order valence-corrected chi connectivity index (χ2v) is 5.48. The lowest BCUT2D eigenvalue weighted by Crippen LogP contribution is -2.39. The summed E-state index contributed by atoms with van der Waals surface area (Å²) >= 11 is 0. The van der Waals surface area contributed by atoms with E-state index >= 15 is 0 Å². The van der Waals surface area contributed by atoms with E-state index < -0.39 is 0 Å². The first-order valence-electron chi connectivity index (χ1n) is 7.25. The summed E-state index contributed by atoms with van der Waals surface area (Å²) < 4.78 is 0. The van der Waals surface area contributed by atoms with Gasteiger partial charge in [-0.05, 0) is 38.8 Å². The molecular weight excluding hydrogens is 210 g/mol. The first-order valence-corrected chi connectivity index (χ1v) is 7.25. The van der Waals surface area contributed by atoms with Crippen molar-refractivity contribution in [2.75, 3.05) is 26.2 Å². The maximum Gasteiger partial charge on any atom is 0.0672 e. The van der Waals surface area contributed by atoms with Gasteiger partial charge in [0, 0.05) is 19.1 Å². The van der Waals surface area contributed by atoms with E-state index in [0.29, 0.717) is 6.04 Å². The van der Waals surface area contributed by atoms with Gasteiger partial charge in [-0.25, -0.2) is 0 Å². The molecule has 2 rings (SSSR count). The summed E-state index contributed by atoms with van der Waals surface area (Å²) in [5.74, 6) is 0.246. The van der Waals surface area contributed by atoms with Gasteiger partial charge in [-0.3, -0.25) is 0 Å². The zero-order valence-corrected chi connectivity index (χ0v) is 10.8. The fourth-order valence-corrected chi connectivity index (χ4v) is 3.12. The van der Waals surface area contributed by atoms with E-state index in [1.54, 1.807) is 0 Å². The largest absolute Gasteiger partial charge is 0.311 e. The zero-order chi connectivity index (χ0) is 11.9. The van der Waals surface area contributed by atoms with E-state index in [0.717, 1.165) is 19.5 Å². The third-order valence-electron chi connectivity index (χ3n) is 4.22. The van der Waals surface area contributed by atoms with Crippen LogP contribution in [0, 0.1) is 17.2 Å². The topological polar surface area (TPSA) is 39.1 Å². The van der Waals surface area contributed by atoms with Gasteiger partial charge in [0.1, 0.15) is 0 Å². The van der Waals surface area contributed by atoms with E-state index in [-0.39, 0.29) is 5.92 Å². The van der Waals surface area contributed by atoms with Crippen LogP contribution in [0.25, 0.3) is 0 Å². The summed E-state index contributed by atoms with van der Waals surface area (Å²) in [6.45, 7) is 4.76. The van der Waals surface area contributed by atoms with Crippen molar-refractivity contribution in [2.24, 2.45) is 5.92 Å². The molecule has 96 valence electrons. The highest BCUT2D eigenvalue weighted by molar-refractivity contribution is 4.93. The molecule has 1 aliphatic heterocycles. The van der Waals surface area contributed by atoms with Gasteiger partial charge < -0.3 is 10.2 Å². The third-order valence-corrected chi connectivity index (χ3v) is 4.22. The fraction of sp³-hybridized carbons (Fsp3) is 0.929. The predicted molar refractivity (Wildman–Crippen MR) is 69.7 cm³/mol. The molecule has 1 saturated heterocycles. The van der Waals surface area contributed by atoms with Crippen molar-refractivity contribution in [3.05, 3.63) is 0 Å². The van der Waals surface area contributed by atoms with Crippen LogP contribution in [0.1, 0.15) is 44.9 Å². The molecule has 1 N–H and O–H groups in total.